The third-order valence-electron chi connectivity index (χ3n) is 5.16. The molecule has 0 bridgehead atoms. The molecule has 1 amide bonds. The number of nitrogens with zero attached hydrogens (tertiary/aromatic N) is 2. The first-order valence-electron chi connectivity index (χ1n) is 9.96. The van der Waals surface area contributed by atoms with E-state index in [1.54, 1.807) is 24.0 Å². The van der Waals surface area contributed by atoms with Crippen LogP contribution in [0.1, 0.15) is 23.7 Å². The summed E-state index contributed by atoms with van der Waals surface area (Å²) < 4.78 is 11.8. The SMILES string of the molecule is CN(C)CCOc1cccc(C(=O)N2CC[C@](C)(O)[C@@H](Oc3ccccc3)C2)c1. The van der Waals surface area contributed by atoms with Crippen molar-refractivity contribution < 1.29 is 19.4 Å². The van der Waals surface area contributed by atoms with Crippen LogP contribution in [0.5, 0.6) is 11.5 Å². The molecule has 29 heavy (non-hydrogen) atoms. The van der Waals surface area contributed by atoms with Gasteiger partial charge in [0.25, 0.3) is 5.91 Å². The first-order chi connectivity index (χ1) is 13.8. The summed E-state index contributed by atoms with van der Waals surface area (Å²) >= 11 is 0. The van der Waals surface area contributed by atoms with Crippen molar-refractivity contribution in [1.29, 1.82) is 0 Å². The van der Waals surface area contributed by atoms with Crippen molar-refractivity contribution in [1.82, 2.24) is 9.80 Å². The normalized spacial score (nSPS) is 21.8. The molecular weight excluding hydrogens is 368 g/mol. The molecule has 3 rings (SSSR count). The molecular formula is C23H30N2O4. The van der Waals surface area contributed by atoms with E-state index in [2.05, 4.69) is 0 Å². The summed E-state index contributed by atoms with van der Waals surface area (Å²) in [6, 6.07) is 16.6. The average Bonchev–Trinajstić information content (AvgIpc) is 2.70. The fourth-order valence-electron chi connectivity index (χ4n) is 3.27. The van der Waals surface area contributed by atoms with Crippen molar-refractivity contribution in [2.24, 2.45) is 0 Å². The maximum Gasteiger partial charge on any atom is 0.254 e. The number of rotatable bonds is 7. The van der Waals surface area contributed by atoms with Gasteiger partial charge >= 0.3 is 0 Å². The maximum atomic E-state index is 13.1. The van der Waals surface area contributed by atoms with Crippen LogP contribution < -0.4 is 9.47 Å². The third-order valence-corrected chi connectivity index (χ3v) is 5.16. The van der Waals surface area contributed by atoms with Crippen molar-refractivity contribution in [3.05, 3.63) is 60.2 Å². The molecule has 1 saturated heterocycles. The van der Waals surface area contributed by atoms with E-state index < -0.39 is 11.7 Å². The minimum atomic E-state index is -0.996. The summed E-state index contributed by atoms with van der Waals surface area (Å²) in [5, 5.41) is 10.8. The number of ether oxygens (including phenoxy) is 2. The van der Waals surface area contributed by atoms with Gasteiger partial charge in [-0.25, -0.2) is 0 Å². The summed E-state index contributed by atoms with van der Waals surface area (Å²) in [6.07, 6.45) is -0.0444. The van der Waals surface area contributed by atoms with Gasteiger partial charge in [0.1, 0.15) is 29.8 Å². The van der Waals surface area contributed by atoms with Crippen LogP contribution in [0.25, 0.3) is 0 Å². The molecule has 0 unspecified atom stereocenters. The highest BCUT2D eigenvalue weighted by molar-refractivity contribution is 5.94. The zero-order valence-corrected chi connectivity index (χ0v) is 17.4. The molecule has 0 radical (unpaired) electrons. The molecule has 1 heterocycles. The maximum absolute atomic E-state index is 13.1. The van der Waals surface area contributed by atoms with Gasteiger partial charge in [-0.3, -0.25) is 4.79 Å². The number of likely N-dealkylation sites (N-methyl/N-ethyl adjacent to an activating group) is 1. The summed E-state index contributed by atoms with van der Waals surface area (Å²) in [6.45, 7) is 3.93. The molecule has 1 aliphatic heterocycles. The number of amides is 1. The Bertz CT molecular complexity index is 808. The van der Waals surface area contributed by atoms with Gasteiger partial charge in [0.2, 0.25) is 0 Å². The van der Waals surface area contributed by atoms with E-state index in [0.717, 1.165) is 6.54 Å². The standard InChI is InChI=1S/C23H30N2O4/c1-23(27)12-13-25(17-21(23)29-19-9-5-4-6-10-19)22(26)18-8-7-11-20(16-18)28-15-14-24(2)3/h4-11,16,21,27H,12-15,17H2,1-3H3/t21-,23-/m0/s1. The van der Waals surface area contributed by atoms with Crippen LogP contribution in [-0.2, 0) is 0 Å². The van der Waals surface area contributed by atoms with E-state index in [1.165, 1.54) is 0 Å². The van der Waals surface area contributed by atoms with E-state index in [0.29, 0.717) is 43.2 Å². The number of hydrogen-bond donors (Lipinski definition) is 1. The minimum Gasteiger partial charge on any atom is -0.492 e. The average molecular weight is 399 g/mol. The van der Waals surface area contributed by atoms with Crippen molar-refractivity contribution >= 4 is 5.91 Å². The number of carbonyl (C=O) groups is 1. The lowest BCUT2D eigenvalue weighted by atomic mass is 9.90. The fraction of sp³-hybridized carbons (Fsp3) is 0.435. The number of piperidine rings is 1. The highest BCUT2D eigenvalue weighted by Crippen LogP contribution is 2.28. The van der Waals surface area contributed by atoms with Crippen LogP contribution in [0.3, 0.4) is 0 Å². The van der Waals surface area contributed by atoms with Crippen molar-refractivity contribution in [3.63, 3.8) is 0 Å². The molecule has 6 nitrogen and oxygen atoms in total. The number of hydrogen-bond acceptors (Lipinski definition) is 5. The van der Waals surface area contributed by atoms with Crippen LogP contribution in [-0.4, -0.2) is 72.9 Å². The van der Waals surface area contributed by atoms with E-state index in [4.69, 9.17) is 9.47 Å². The molecule has 2 aromatic rings. The Hall–Kier alpha value is -2.57. The summed E-state index contributed by atoms with van der Waals surface area (Å²) in [7, 11) is 3.98. The number of para-hydroxylation sites is 1. The summed E-state index contributed by atoms with van der Waals surface area (Å²) in [4.78, 5) is 16.9. The van der Waals surface area contributed by atoms with Crippen LogP contribution in [0, 0.1) is 0 Å². The van der Waals surface area contributed by atoms with Gasteiger partial charge in [0.15, 0.2) is 0 Å². The van der Waals surface area contributed by atoms with Gasteiger partial charge in [0.05, 0.1) is 6.54 Å². The first kappa shape index (κ1) is 21.1. The predicted octanol–water partition coefficient (Wildman–Crippen LogP) is 2.67. The quantitative estimate of drug-likeness (QED) is 0.777. The van der Waals surface area contributed by atoms with Crippen LogP contribution in [0.15, 0.2) is 54.6 Å². The Morgan fingerprint density at radius 1 is 1.17 bits per heavy atom. The molecule has 0 saturated carbocycles. The summed E-state index contributed by atoms with van der Waals surface area (Å²) in [5.74, 6) is 1.28. The van der Waals surface area contributed by atoms with E-state index >= 15 is 0 Å². The second-order valence-corrected chi connectivity index (χ2v) is 7.96. The van der Waals surface area contributed by atoms with Crippen LogP contribution in [0.4, 0.5) is 0 Å². The summed E-state index contributed by atoms with van der Waals surface area (Å²) in [5.41, 5.74) is -0.420. The zero-order valence-electron chi connectivity index (χ0n) is 17.4. The first-order valence-corrected chi connectivity index (χ1v) is 9.96. The van der Waals surface area contributed by atoms with Gasteiger partial charge in [0, 0.05) is 18.7 Å². The highest BCUT2D eigenvalue weighted by atomic mass is 16.5. The number of benzene rings is 2. The molecule has 2 aromatic carbocycles. The molecule has 156 valence electrons. The van der Waals surface area contributed by atoms with Gasteiger partial charge in [-0.1, -0.05) is 24.3 Å². The Labute approximate surface area is 172 Å². The topological polar surface area (TPSA) is 62.2 Å². The largest absolute Gasteiger partial charge is 0.492 e. The molecule has 0 aliphatic carbocycles. The lowest BCUT2D eigenvalue weighted by Gasteiger charge is -2.42. The molecule has 2 atom stereocenters. The number of aliphatic hydroxyl groups is 1. The van der Waals surface area contributed by atoms with Gasteiger partial charge in [-0.2, -0.15) is 0 Å². The monoisotopic (exact) mass is 398 g/mol. The third kappa shape index (κ3) is 5.71. The van der Waals surface area contributed by atoms with Crippen molar-refractivity contribution in [2.45, 2.75) is 25.0 Å². The lowest BCUT2D eigenvalue weighted by molar-refractivity contribution is -0.0881. The molecule has 1 fully saturated rings. The second-order valence-electron chi connectivity index (χ2n) is 7.96. The van der Waals surface area contributed by atoms with Gasteiger partial charge in [-0.15, -0.1) is 0 Å². The smallest absolute Gasteiger partial charge is 0.254 e. The van der Waals surface area contributed by atoms with E-state index in [9.17, 15) is 9.90 Å². The lowest BCUT2D eigenvalue weighted by Crippen LogP contribution is -2.57. The predicted molar refractivity (Wildman–Crippen MR) is 112 cm³/mol. The molecule has 0 spiro atoms. The molecule has 6 heteroatoms. The fourth-order valence-corrected chi connectivity index (χ4v) is 3.27. The Morgan fingerprint density at radius 3 is 2.62 bits per heavy atom. The molecule has 0 aromatic heterocycles. The number of likely N-dealkylation sites (tertiary alicyclic amines) is 1. The Morgan fingerprint density at radius 2 is 1.90 bits per heavy atom. The van der Waals surface area contributed by atoms with Gasteiger partial charge in [-0.05, 0) is 57.8 Å². The number of carbonyl (C=O) groups excluding carboxylic acids is 1. The Kier molecular flexibility index (Phi) is 6.77. The van der Waals surface area contributed by atoms with Crippen molar-refractivity contribution in [3.8, 4) is 11.5 Å². The van der Waals surface area contributed by atoms with E-state index in [1.807, 2.05) is 61.5 Å². The minimum absolute atomic E-state index is 0.0831. The van der Waals surface area contributed by atoms with Crippen LogP contribution in [0.2, 0.25) is 0 Å². The van der Waals surface area contributed by atoms with E-state index in [-0.39, 0.29) is 5.91 Å². The Balaban J connectivity index is 1.67. The second kappa shape index (κ2) is 9.29. The van der Waals surface area contributed by atoms with Gasteiger partial charge < -0.3 is 24.4 Å². The molecule has 1 N–H and O–H groups in total. The van der Waals surface area contributed by atoms with Crippen molar-refractivity contribution in [2.75, 3.05) is 40.3 Å². The molecule has 1 aliphatic rings. The van der Waals surface area contributed by atoms with Crippen LogP contribution >= 0.6 is 0 Å². The zero-order chi connectivity index (χ0) is 20.9. The highest BCUT2D eigenvalue weighted by Gasteiger charge is 2.41.